The van der Waals surface area contributed by atoms with Crippen molar-refractivity contribution in [2.24, 2.45) is 0 Å². The number of ketones is 1. The van der Waals surface area contributed by atoms with Crippen LogP contribution in [0.5, 0.6) is 0 Å². The molecule has 2 rings (SSSR count). The van der Waals surface area contributed by atoms with Crippen molar-refractivity contribution in [2.75, 3.05) is 0 Å². The number of carbonyl (C=O) groups is 1. The van der Waals surface area contributed by atoms with E-state index in [0.29, 0.717) is 5.56 Å². The van der Waals surface area contributed by atoms with Gasteiger partial charge in [0.1, 0.15) is 0 Å². The van der Waals surface area contributed by atoms with Crippen molar-refractivity contribution in [3.63, 3.8) is 0 Å². The Kier molecular flexibility index (Phi) is 4.34. The molecule has 0 atom stereocenters. The molecular formula is C14H7Br2F3O. The highest BCUT2D eigenvalue weighted by atomic mass is 79.9. The first-order chi connectivity index (χ1) is 9.30. The molecule has 104 valence electrons. The maximum Gasteiger partial charge on any atom is 0.418 e. The van der Waals surface area contributed by atoms with Crippen molar-refractivity contribution in [3.05, 3.63) is 68.1 Å². The van der Waals surface area contributed by atoms with Gasteiger partial charge in [0.2, 0.25) is 0 Å². The molecule has 0 aliphatic rings. The summed E-state index contributed by atoms with van der Waals surface area (Å²) in [7, 11) is 0. The summed E-state index contributed by atoms with van der Waals surface area (Å²) in [5.74, 6) is -0.333. The van der Waals surface area contributed by atoms with E-state index in [-0.39, 0.29) is 20.3 Å². The SMILES string of the molecule is O=C(c1ccccc1)c1cc(Br)c(C(F)(F)F)c(Br)c1. The van der Waals surface area contributed by atoms with E-state index in [4.69, 9.17) is 0 Å². The minimum Gasteiger partial charge on any atom is -0.289 e. The molecule has 20 heavy (non-hydrogen) atoms. The molecule has 2 aromatic carbocycles. The Hall–Kier alpha value is -1.14. The molecular weight excluding hydrogens is 401 g/mol. The van der Waals surface area contributed by atoms with E-state index in [1.807, 2.05) is 0 Å². The molecule has 0 bridgehead atoms. The van der Waals surface area contributed by atoms with Crippen molar-refractivity contribution in [2.45, 2.75) is 6.18 Å². The molecule has 0 aliphatic carbocycles. The second-order valence-corrected chi connectivity index (χ2v) is 5.72. The lowest BCUT2D eigenvalue weighted by Gasteiger charge is -2.13. The fourth-order valence-electron chi connectivity index (χ4n) is 1.73. The maximum atomic E-state index is 12.8. The number of alkyl halides is 3. The predicted octanol–water partition coefficient (Wildman–Crippen LogP) is 5.46. The smallest absolute Gasteiger partial charge is 0.289 e. The number of hydrogen-bond donors (Lipinski definition) is 0. The van der Waals surface area contributed by atoms with Crippen molar-refractivity contribution in [1.29, 1.82) is 0 Å². The molecule has 0 aromatic heterocycles. The van der Waals surface area contributed by atoms with E-state index in [1.54, 1.807) is 30.3 Å². The summed E-state index contributed by atoms with van der Waals surface area (Å²) in [6, 6.07) is 10.7. The zero-order valence-electron chi connectivity index (χ0n) is 9.84. The topological polar surface area (TPSA) is 17.1 Å². The Labute approximate surface area is 130 Å². The summed E-state index contributed by atoms with van der Waals surface area (Å²) in [4.78, 5) is 12.2. The van der Waals surface area contributed by atoms with Crippen molar-refractivity contribution < 1.29 is 18.0 Å². The minimum absolute atomic E-state index is 0.168. The van der Waals surface area contributed by atoms with Gasteiger partial charge in [-0.05, 0) is 12.1 Å². The Balaban J connectivity index is 2.49. The Morgan fingerprint density at radius 1 is 0.900 bits per heavy atom. The first kappa shape index (κ1) is 15.3. The molecule has 0 aliphatic heterocycles. The fourth-order valence-corrected chi connectivity index (χ4v) is 3.37. The van der Waals surface area contributed by atoms with Crippen LogP contribution >= 0.6 is 31.9 Å². The van der Waals surface area contributed by atoms with E-state index in [2.05, 4.69) is 31.9 Å². The van der Waals surface area contributed by atoms with Crippen LogP contribution in [0.25, 0.3) is 0 Å². The molecule has 0 heterocycles. The van der Waals surface area contributed by atoms with Crippen LogP contribution < -0.4 is 0 Å². The van der Waals surface area contributed by atoms with Crippen molar-refractivity contribution in [3.8, 4) is 0 Å². The number of hydrogen-bond acceptors (Lipinski definition) is 1. The van der Waals surface area contributed by atoms with E-state index >= 15 is 0 Å². The van der Waals surface area contributed by atoms with Gasteiger partial charge in [0.25, 0.3) is 0 Å². The minimum atomic E-state index is -4.49. The van der Waals surface area contributed by atoms with Gasteiger partial charge in [0.15, 0.2) is 5.78 Å². The van der Waals surface area contributed by atoms with Crippen LogP contribution in [0.4, 0.5) is 13.2 Å². The standard InChI is InChI=1S/C14H7Br2F3O/c15-10-6-9(7-11(16)12(10)14(17,18)19)13(20)8-4-2-1-3-5-8/h1-7H. The Morgan fingerprint density at radius 3 is 1.85 bits per heavy atom. The largest absolute Gasteiger partial charge is 0.418 e. The summed E-state index contributed by atoms with van der Waals surface area (Å²) in [6.45, 7) is 0. The predicted molar refractivity (Wildman–Crippen MR) is 76.7 cm³/mol. The molecule has 6 heteroatoms. The summed E-state index contributed by atoms with van der Waals surface area (Å²) in [5.41, 5.74) is -0.226. The van der Waals surface area contributed by atoms with Crippen molar-refractivity contribution in [1.82, 2.24) is 0 Å². The number of benzene rings is 2. The van der Waals surface area contributed by atoms with Gasteiger partial charge in [-0.25, -0.2) is 0 Å². The third-order valence-electron chi connectivity index (χ3n) is 2.62. The molecule has 0 saturated carbocycles. The Morgan fingerprint density at radius 2 is 1.40 bits per heavy atom. The van der Waals surface area contributed by atoms with E-state index < -0.39 is 11.7 Å². The average Bonchev–Trinajstić information content (AvgIpc) is 2.36. The molecule has 0 amide bonds. The summed E-state index contributed by atoms with van der Waals surface area (Å²) in [6.07, 6.45) is -4.49. The highest BCUT2D eigenvalue weighted by Crippen LogP contribution is 2.40. The molecule has 1 nitrogen and oxygen atoms in total. The zero-order chi connectivity index (χ0) is 14.9. The molecule has 0 unspecified atom stereocenters. The van der Waals surface area contributed by atoms with E-state index in [0.717, 1.165) is 0 Å². The lowest BCUT2D eigenvalue weighted by atomic mass is 10.0. The zero-order valence-corrected chi connectivity index (χ0v) is 13.0. The second kappa shape index (κ2) is 5.69. The quantitative estimate of drug-likeness (QED) is 0.604. The van der Waals surface area contributed by atoms with Crippen LogP contribution in [0.15, 0.2) is 51.4 Å². The van der Waals surface area contributed by atoms with Crippen LogP contribution in [0.3, 0.4) is 0 Å². The first-order valence-electron chi connectivity index (χ1n) is 5.46. The maximum absolute atomic E-state index is 12.8. The molecule has 0 spiro atoms. The average molecular weight is 408 g/mol. The van der Waals surface area contributed by atoms with Crippen LogP contribution in [-0.2, 0) is 6.18 Å². The van der Waals surface area contributed by atoms with Gasteiger partial charge in [-0.3, -0.25) is 4.79 Å². The van der Waals surface area contributed by atoms with Gasteiger partial charge in [-0.2, -0.15) is 13.2 Å². The van der Waals surface area contributed by atoms with Gasteiger partial charge in [-0.1, -0.05) is 62.2 Å². The van der Waals surface area contributed by atoms with Gasteiger partial charge in [-0.15, -0.1) is 0 Å². The summed E-state index contributed by atoms with van der Waals surface area (Å²) in [5, 5.41) is 0. The lowest BCUT2D eigenvalue weighted by molar-refractivity contribution is -0.138. The lowest BCUT2D eigenvalue weighted by Crippen LogP contribution is -2.09. The number of rotatable bonds is 2. The number of carbonyl (C=O) groups excluding carboxylic acids is 1. The molecule has 0 fully saturated rings. The molecule has 0 radical (unpaired) electrons. The summed E-state index contributed by atoms with van der Waals surface area (Å²) < 4.78 is 38.1. The third-order valence-corrected chi connectivity index (χ3v) is 3.87. The van der Waals surface area contributed by atoms with Gasteiger partial charge < -0.3 is 0 Å². The monoisotopic (exact) mass is 406 g/mol. The Bertz CT molecular complexity index is 628. The molecule has 0 saturated heterocycles. The normalized spacial score (nSPS) is 11.4. The molecule has 0 N–H and O–H groups in total. The van der Waals surface area contributed by atoms with Gasteiger partial charge in [0, 0.05) is 20.1 Å². The number of halogens is 5. The van der Waals surface area contributed by atoms with Crippen LogP contribution in [0, 0.1) is 0 Å². The first-order valence-corrected chi connectivity index (χ1v) is 7.05. The van der Waals surface area contributed by atoms with E-state index in [9.17, 15) is 18.0 Å². The van der Waals surface area contributed by atoms with Crippen molar-refractivity contribution >= 4 is 37.6 Å². The fraction of sp³-hybridized carbons (Fsp3) is 0.0714. The molecule has 2 aromatic rings. The van der Waals surface area contributed by atoms with Crippen LogP contribution in [0.2, 0.25) is 0 Å². The van der Waals surface area contributed by atoms with Crippen LogP contribution in [-0.4, -0.2) is 5.78 Å². The van der Waals surface area contributed by atoms with E-state index in [1.165, 1.54) is 12.1 Å². The van der Waals surface area contributed by atoms with Gasteiger partial charge >= 0.3 is 6.18 Å². The van der Waals surface area contributed by atoms with Gasteiger partial charge in [0.05, 0.1) is 5.56 Å². The highest BCUT2D eigenvalue weighted by molar-refractivity contribution is 9.11. The van der Waals surface area contributed by atoms with Crippen LogP contribution in [0.1, 0.15) is 21.5 Å². The highest BCUT2D eigenvalue weighted by Gasteiger charge is 2.36. The summed E-state index contributed by atoms with van der Waals surface area (Å²) >= 11 is 5.74. The third kappa shape index (κ3) is 3.12. The second-order valence-electron chi connectivity index (χ2n) is 4.01.